The zero-order valence-electron chi connectivity index (χ0n) is 13.1. The van der Waals surface area contributed by atoms with Crippen molar-refractivity contribution in [3.05, 3.63) is 24.3 Å². The number of anilines is 1. The predicted octanol–water partition coefficient (Wildman–Crippen LogP) is 2.02. The van der Waals surface area contributed by atoms with Gasteiger partial charge in [-0.05, 0) is 25.0 Å². The van der Waals surface area contributed by atoms with Gasteiger partial charge in [0.15, 0.2) is 6.61 Å². The van der Waals surface area contributed by atoms with Crippen molar-refractivity contribution in [2.75, 3.05) is 32.1 Å². The summed E-state index contributed by atoms with van der Waals surface area (Å²) in [5.74, 6) is 0.482. The van der Waals surface area contributed by atoms with E-state index in [2.05, 4.69) is 24.5 Å². The Morgan fingerprint density at radius 3 is 2.62 bits per heavy atom. The summed E-state index contributed by atoms with van der Waals surface area (Å²) in [4.78, 5) is 11.2. The van der Waals surface area contributed by atoms with E-state index in [4.69, 9.17) is 4.74 Å². The van der Waals surface area contributed by atoms with Crippen LogP contribution in [0.5, 0.6) is 5.75 Å². The van der Waals surface area contributed by atoms with E-state index in [1.807, 2.05) is 24.3 Å². The Hall–Kier alpha value is -1.75. The summed E-state index contributed by atoms with van der Waals surface area (Å²) in [6.45, 7) is 5.05. The number of carbonyl (C=O) groups is 1. The fraction of sp³-hybridized carbons (Fsp3) is 0.562. The zero-order chi connectivity index (χ0) is 15.7. The topological polar surface area (TPSA) is 70.6 Å². The molecule has 3 N–H and O–H groups in total. The molecule has 118 valence electrons. The van der Waals surface area contributed by atoms with Crippen LogP contribution in [0.2, 0.25) is 0 Å². The van der Waals surface area contributed by atoms with Crippen LogP contribution < -0.4 is 15.4 Å². The predicted molar refractivity (Wildman–Crippen MR) is 84.6 cm³/mol. The molecule has 1 amide bonds. The van der Waals surface area contributed by atoms with Crippen molar-refractivity contribution in [1.29, 1.82) is 0 Å². The van der Waals surface area contributed by atoms with Crippen LogP contribution in [0.15, 0.2) is 24.3 Å². The van der Waals surface area contributed by atoms with Gasteiger partial charge in [-0.3, -0.25) is 4.79 Å². The monoisotopic (exact) mass is 294 g/mol. The summed E-state index contributed by atoms with van der Waals surface area (Å²) in [5.41, 5.74) is 0.822. The van der Waals surface area contributed by atoms with Crippen molar-refractivity contribution in [2.45, 2.75) is 26.7 Å². The normalized spacial score (nSPS) is 11.0. The quantitative estimate of drug-likeness (QED) is 0.651. The lowest BCUT2D eigenvalue weighted by Gasteiger charge is -2.30. The molecule has 5 heteroatoms. The Labute approximate surface area is 126 Å². The Balaban J connectivity index is 2.62. The molecule has 0 bridgehead atoms. The molecular weight excluding hydrogens is 268 g/mol. The lowest BCUT2D eigenvalue weighted by atomic mass is 9.83. The molecule has 0 atom stereocenters. The second-order valence-corrected chi connectivity index (χ2v) is 5.21. The Morgan fingerprint density at radius 2 is 2.05 bits per heavy atom. The minimum absolute atomic E-state index is 0.00442. The number of ether oxygens (including phenoxy) is 1. The summed E-state index contributed by atoms with van der Waals surface area (Å²) in [7, 11) is 1.58. The average Bonchev–Trinajstić information content (AvgIpc) is 2.55. The maximum Gasteiger partial charge on any atom is 0.257 e. The second-order valence-electron chi connectivity index (χ2n) is 5.21. The van der Waals surface area contributed by atoms with Crippen molar-refractivity contribution < 1.29 is 14.6 Å². The SMILES string of the molecule is CCC(CC)(CO)CNc1cccc(OCC(=O)NC)c1. The van der Waals surface area contributed by atoms with Crippen molar-refractivity contribution in [1.82, 2.24) is 5.32 Å². The summed E-state index contributed by atoms with van der Waals surface area (Å²) >= 11 is 0. The lowest BCUT2D eigenvalue weighted by molar-refractivity contribution is -0.122. The molecule has 0 aliphatic heterocycles. The molecule has 0 unspecified atom stereocenters. The van der Waals surface area contributed by atoms with Crippen molar-refractivity contribution in [3.63, 3.8) is 0 Å². The van der Waals surface area contributed by atoms with Gasteiger partial charge in [-0.1, -0.05) is 19.9 Å². The first-order valence-corrected chi connectivity index (χ1v) is 7.37. The molecule has 0 aliphatic carbocycles. The van der Waals surface area contributed by atoms with Crippen LogP contribution in [0.1, 0.15) is 26.7 Å². The molecule has 0 heterocycles. The van der Waals surface area contributed by atoms with Crippen LogP contribution in [0.25, 0.3) is 0 Å². The molecule has 0 radical (unpaired) electrons. The standard InChI is InChI=1S/C16H26N2O3/c1-4-16(5-2,12-19)11-18-13-7-6-8-14(9-13)21-10-15(20)17-3/h6-9,18-19H,4-5,10-12H2,1-3H3,(H,17,20). The van der Waals surface area contributed by atoms with Crippen LogP contribution in [0.4, 0.5) is 5.69 Å². The highest BCUT2D eigenvalue weighted by Gasteiger charge is 2.24. The highest BCUT2D eigenvalue weighted by molar-refractivity contribution is 5.77. The van der Waals surface area contributed by atoms with Gasteiger partial charge in [0.2, 0.25) is 0 Å². The van der Waals surface area contributed by atoms with Gasteiger partial charge in [0, 0.05) is 30.8 Å². The summed E-state index contributed by atoms with van der Waals surface area (Å²) < 4.78 is 5.41. The lowest BCUT2D eigenvalue weighted by Crippen LogP contribution is -2.32. The molecule has 1 aromatic rings. The van der Waals surface area contributed by atoms with Gasteiger partial charge in [0.05, 0.1) is 6.61 Å². The summed E-state index contributed by atoms with van der Waals surface area (Å²) in [6, 6.07) is 7.49. The largest absolute Gasteiger partial charge is 0.484 e. The van der Waals surface area contributed by atoms with Crippen LogP contribution >= 0.6 is 0 Å². The van der Waals surface area contributed by atoms with Crippen LogP contribution in [0.3, 0.4) is 0 Å². The minimum atomic E-state index is -0.162. The third kappa shape index (κ3) is 5.27. The molecule has 0 saturated heterocycles. The van der Waals surface area contributed by atoms with Crippen LogP contribution in [-0.2, 0) is 4.79 Å². The van der Waals surface area contributed by atoms with E-state index < -0.39 is 0 Å². The Kier molecular flexibility index (Phi) is 7.02. The number of likely N-dealkylation sites (N-methyl/N-ethyl adjacent to an activating group) is 1. The number of nitrogens with one attached hydrogen (secondary N) is 2. The van der Waals surface area contributed by atoms with Gasteiger partial charge in [-0.25, -0.2) is 0 Å². The number of amides is 1. The van der Waals surface area contributed by atoms with Crippen LogP contribution in [-0.4, -0.2) is 37.8 Å². The highest BCUT2D eigenvalue weighted by Crippen LogP contribution is 2.27. The number of aliphatic hydroxyl groups is 1. The number of hydrogen-bond donors (Lipinski definition) is 3. The molecule has 0 spiro atoms. The van der Waals surface area contributed by atoms with E-state index in [0.29, 0.717) is 12.3 Å². The molecule has 1 aromatic carbocycles. The summed E-state index contributed by atoms with van der Waals surface area (Å²) in [5, 5.41) is 15.4. The van der Waals surface area contributed by atoms with E-state index in [1.165, 1.54) is 0 Å². The number of carbonyl (C=O) groups excluding carboxylic acids is 1. The first-order chi connectivity index (χ1) is 10.1. The van der Waals surface area contributed by atoms with Gasteiger partial charge in [0.25, 0.3) is 5.91 Å². The van der Waals surface area contributed by atoms with Gasteiger partial charge in [-0.2, -0.15) is 0 Å². The molecule has 0 fully saturated rings. The zero-order valence-corrected chi connectivity index (χ0v) is 13.1. The van der Waals surface area contributed by atoms with Crippen molar-refractivity contribution >= 4 is 11.6 Å². The third-order valence-electron chi connectivity index (χ3n) is 3.99. The average molecular weight is 294 g/mol. The molecule has 0 aromatic heterocycles. The fourth-order valence-corrected chi connectivity index (χ4v) is 1.99. The number of aliphatic hydroxyl groups excluding tert-OH is 1. The van der Waals surface area contributed by atoms with Crippen molar-refractivity contribution in [2.24, 2.45) is 5.41 Å². The second kappa shape index (κ2) is 8.52. The number of benzene rings is 1. The molecule has 21 heavy (non-hydrogen) atoms. The van der Waals surface area contributed by atoms with Crippen LogP contribution in [0, 0.1) is 5.41 Å². The molecule has 5 nitrogen and oxygen atoms in total. The minimum Gasteiger partial charge on any atom is -0.484 e. The highest BCUT2D eigenvalue weighted by atomic mass is 16.5. The molecule has 1 rings (SSSR count). The third-order valence-corrected chi connectivity index (χ3v) is 3.99. The smallest absolute Gasteiger partial charge is 0.257 e. The Bertz CT molecular complexity index is 437. The maximum atomic E-state index is 11.2. The van der Waals surface area contributed by atoms with E-state index in [0.717, 1.165) is 18.5 Å². The fourth-order valence-electron chi connectivity index (χ4n) is 1.99. The van der Waals surface area contributed by atoms with Gasteiger partial charge >= 0.3 is 0 Å². The van der Waals surface area contributed by atoms with E-state index in [9.17, 15) is 9.90 Å². The maximum absolute atomic E-state index is 11.2. The Morgan fingerprint density at radius 1 is 1.33 bits per heavy atom. The van der Waals surface area contributed by atoms with Gasteiger partial charge in [-0.15, -0.1) is 0 Å². The first-order valence-electron chi connectivity index (χ1n) is 7.37. The number of rotatable bonds is 9. The molecule has 0 saturated carbocycles. The van der Waals surface area contributed by atoms with E-state index in [1.54, 1.807) is 7.05 Å². The van der Waals surface area contributed by atoms with Gasteiger partial charge < -0.3 is 20.5 Å². The van der Waals surface area contributed by atoms with Crippen molar-refractivity contribution in [3.8, 4) is 5.75 Å². The molecule has 0 aliphatic rings. The van der Waals surface area contributed by atoms with E-state index in [-0.39, 0.29) is 24.5 Å². The molecular formula is C16H26N2O3. The number of hydrogen-bond acceptors (Lipinski definition) is 4. The van der Waals surface area contributed by atoms with E-state index >= 15 is 0 Å². The first kappa shape index (κ1) is 17.3. The van der Waals surface area contributed by atoms with Gasteiger partial charge in [0.1, 0.15) is 5.75 Å². The summed E-state index contributed by atoms with van der Waals surface area (Å²) in [6.07, 6.45) is 1.83.